The highest BCUT2D eigenvalue weighted by Gasteiger charge is 2.30. The molecule has 0 bridgehead atoms. The largest absolute Gasteiger partial charge is 0.376 e. The molecule has 4 heterocycles. The van der Waals surface area contributed by atoms with Crippen LogP contribution in [-0.2, 0) is 17.8 Å². The van der Waals surface area contributed by atoms with Crippen molar-refractivity contribution in [3.63, 3.8) is 0 Å². The van der Waals surface area contributed by atoms with E-state index in [0.717, 1.165) is 48.8 Å². The van der Waals surface area contributed by atoms with Gasteiger partial charge in [0.1, 0.15) is 11.9 Å². The van der Waals surface area contributed by atoms with Crippen LogP contribution in [-0.4, -0.2) is 41.4 Å². The lowest BCUT2D eigenvalue weighted by molar-refractivity contribution is 0.109. The van der Waals surface area contributed by atoms with Crippen LogP contribution in [0, 0.1) is 17.2 Å². The number of hydrogen-bond donors (Lipinski definition) is 1. The topological polar surface area (TPSA) is 87.0 Å². The number of nitrogens with one attached hydrogen (secondary N) is 1. The molecule has 2 aliphatic heterocycles. The average molecular weight is 362 g/mol. The van der Waals surface area contributed by atoms with Gasteiger partial charge in [0.05, 0.1) is 30.2 Å². The van der Waals surface area contributed by atoms with Gasteiger partial charge in [-0.1, -0.05) is 0 Å². The fourth-order valence-electron chi connectivity index (χ4n) is 3.73. The van der Waals surface area contributed by atoms with Crippen LogP contribution in [0.15, 0.2) is 18.2 Å². The molecule has 2 aromatic rings. The van der Waals surface area contributed by atoms with E-state index in [1.54, 1.807) is 0 Å². The minimum absolute atomic E-state index is 0.516. The van der Waals surface area contributed by atoms with Gasteiger partial charge < -0.3 is 15.0 Å². The minimum Gasteiger partial charge on any atom is -0.376 e. The molecule has 0 unspecified atom stereocenters. The highest BCUT2D eigenvalue weighted by molar-refractivity contribution is 5.55. The molecular weight excluding hydrogens is 340 g/mol. The summed E-state index contributed by atoms with van der Waals surface area (Å²) in [5.74, 6) is 2.82. The van der Waals surface area contributed by atoms with Crippen molar-refractivity contribution < 1.29 is 4.74 Å². The number of nitriles is 1. The van der Waals surface area contributed by atoms with Gasteiger partial charge in [-0.25, -0.2) is 4.98 Å². The standard InChI is InChI=1S/C20H22N6O/c21-8-15-7-16-12-27-6-5-17(16)23-20(15)22-9-13-10-26(11-13)19-4-3-18(24-25-19)14-1-2-14/h3-4,7,13-14H,1-2,5-6,9-12H2,(H,22,23). The van der Waals surface area contributed by atoms with Crippen molar-refractivity contribution in [1.82, 2.24) is 15.2 Å². The van der Waals surface area contributed by atoms with Gasteiger partial charge >= 0.3 is 0 Å². The van der Waals surface area contributed by atoms with Crippen LogP contribution in [0.2, 0.25) is 0 Å². The van der Waals surface area contributed by atoms with Gasteiger partial charge in [0.15, 0.2) is 5.82 Å². The lowest BCUT2D eigenvalue weighted by Gasteiger charge is -2.40. The molecule has 1 aliphatic carbocycles. The van der Waals surface area contributed by atoms with Gasteiger partial charge in [0.25, 0.3) is 0 Å². The van der Waals surface area contributed by atoms with Crippen LogP contribution < -0.4 is 10.2 Å². The molecule has 1 N–H and O–H groups in total. The van der Waals surface area contributed by atoms with Crippen molar-refractivity contribution in [2.24, 2.45) is 5.92 Å². The summed E-state index contributed by atoms with van der Waals surface area (Å²) in [5.41, 5.74) is 3.80. The third-order valence-corrected chi connectivity index (χ3v) is 5.56. The van der Waals surface area contributed by atoms with Gasteiger partial charge in [-0.15, -0.1) is 5.10 Å². The molecule has 0 radical (unpaired) electrons. The number of pyridine rings is 1. The zero-order valence-corrected chi connectivity index (χ0v) is 15.2. The van der Waals surface area contributed by atoms with E-state index in [0.29, 0.717) is 36.4 Å². The van der Waals surface area contributed by atoms with Crippen LogP contribution in [0.25, 0.3) is 0 Å². The molecule has 2 fully saturated rings. The molecule has 0 atom stereocenters. The van der Waals surface area contributed by atoms with E-state index in [1.165, 1.54) is 12.8 Å². The van der Waals surface area contributed by atoms with Crippen molar-refractivity contribution in [3.05, 3.63) is 40.7 Å². The number of ether oxygens (including phenoxy) is 1. The summed E-state index contributed by atoms with van der Waals surface area (Å²) in [5, 5.41) is 21.5. The van der Waals surface area contributed by atoms with E-state index in [2.05, 4.69) is 43.6 Å². The summed E-state index contributed by atoms with van der Waals surface area (Å²) < 4.78 is 5.45. The molecule has 0 spiro atoms. The second kappa shape index (κ2) is 6.78. The number of nitrogens with zero attached hydrogens (tertiary/aromatic N) is 5. The first-order valence-electron chi connectivity index (χ1n) is 9.63. The first-order chi connectivity index (χ1) is 13.3. The highest BCUT2D eigenvalue weighted by Crippen LogP contribution is 2.39. The molecule has 3 aliphatic rings. The third kappa shape index (κ3) is 3.33. The van der Waals surface area contributed by atoms with Crippen LogP contribution in [0.4, 0.5) is 11.6 Å². The molecule has 7 heteroatoms. The zero-order chi connectivity index (χ0) is 18.2. The van der Waals surface area contributed by atoms with Gasteiger partial charge in [-0.2, -0.15) is 10.4 Å². The maximum atomic E-state index is 9.42. The summed E-state index contributed by atoms with van der Waals surface area (Å²) >= 11 is 0. The van der Waals surface area contributed by atoms with E-state index in [4.69, 9.17) is 4.74 Å². The van der Waals surface area contributed by atoms with E-state index >= 15 is 0 Å². The Bertz CT molecular complexity index is 881. The average Bonchev–Trinajstić information content (AvgIpc) is 3.52. The first kappa shape index (κ1) is 16.5. The maximum absolute atomic E-state index is 9.42. The molecule has 5 rings (SSSR count). The quantitative estimate of drug-likeness (QED) is 0.873. The summed E-state index contributed by atoms with van der Waals surface area (Å²) in [6, 6.07) is 8.37. The summed E-state index contributed by atoms with van der Waals surface area (Å²) in [4.78, 5) is 6.92. The SMILES string of the molecule is N#Cc1cc2c(nc1NCC1CN(c3ccc(C4CC4)nn3)C1)CCOC2. The smallest absolute Gasteiger partial charge is 0.151 e. The predicted molar refractivity (Wildman–Crippen MR) is 101 cm³/mol. The second-order valence-corrected chi connectivity index (χ2v) is 7.65. The number of fused-ring (bicyclic) bond motifs is 1. The molecular formula is C20H22N6O. The molecule has 138 valence electrons. The van der Waals surface area contributed by atoms with Crippen LogP contribution >= 0.6 is 0 Å². The molecule has 0 aromatic carbocycles. The fraction of sp³-hybridized carbons (Fsp3) is 0.500. The van der Waals surface area contributed by atoms with Crippen molar-refractivity contribution in [1.29, 1.82) is 5.26 Å². The molecule has 0 amide bonds. The lowest BCUT2D eigenvalue weighted by Crippen LogP contribution is -2.50. The van der Waals surface area contributed by atoms with E-state index in [9.17, 15) is 5.26 Å². The van der Waals surface area contributed by atoms with Gasteiger partial charge in [-0.05, 0) is 31.0 Å². The minimum atomic E-state index is 0.516. The van der Waals surface area contributed by atoms with Crippen molar-refractivity contribution in [2.45, 2.75) is 31.8 Å². The van der Waals surface area contributed by atoms with Gasteiger partial charge in [-0.3, -0.25) is 0 Å². The number of hydrogen-bond acceptors (Lipinski definition) is 7. The second-order valence-electron chi connectivity index (χ2n) is 7.65. The molecule has 27 heavy (non-hydrogen) atoms. The van der Waals surface area contributed by atoms with Gasteiger partial charge in [0, 0.05) is 43.5 Å². The Morgan fingerprint density at radius 2 is 2.15 bits per heavy atom. The normalized spacial score (nSPS) is 19.1. The molecule has 2 aromatic heterocycles. The maximum Gasteiger partial charge on any atom is 0.151 e. The Morgan fingerprint density at radius 3 is 2.89 bits per heavy atom. The first-order valence-corrected chi connectivity index (χ1v) is 9.63. The summed E-state index contributed by atoms with van der Waals surface area (Å²) in [6.45, 7) is 3.95. The molecule has 1 saturated carbocycles. The number of anilines is 2. The molecule has 1 saturated heterocycles. The fourth-order valence-corrected chi connectivity index (χ4v) is 3.73. The monoisotopic (exact) mass is 362 g/mol. The predicted octanol–water partition coefficient (Wildman–Crippen LogP) is 2.24. The number of rotatable bonds is 5. The zero-order valence-electron chi connectivity index (χ0n) is 15.2. The van der Waals surface area contributed by atoms with Crippen molar-refractivity contribution in [2.75, 3.05) is 36.5 Å². The summed E-state index contributed by atoms with van der Waals surface area (Å²) in [6.07, 6.45) is 3.31. The Morgan fingerprint density at radius 1 is 1.26 bits per heavy atom. The highest BCUT2D eigenvalue weighted by atomic mass is 16.5. The van der Waals surface area contributed by atoms with Crippen molar-refractivity contribution >= 4 is 11.6 Å². The Hall–Kier alpha value is -2.72. The van der Waals surface area contributed by atoms with Crippen LogP contribution in [0.3, 0.4) is 0 Å². The summed E-state index contributed by atoms with van der Waals surface area (Å²) in [7, 11) is 0. The van der Waals surface area contributed by atoms with E-state index in [-0.39, 0.29) is 0 Å². The van der Waals surface area contributed by atoms with Crippen LogP contribution in [0.1, 0.15) is 41.3 Å². The van der Waals surface area contributed by atoms with Crippen LogP contribution in [0.5, 0.6) is 0 Å². The van der Waals surface area contributed by atoms with Gasteiger partial charge in [0.2, 0.25) is 0 Å². The Balaban J connectivity index is 1.18. The lowest BCUT2D eigenvalue weighted by atomic mass is 10.00. The molecule has 7 nitrogen and oxygen atoms in total. The number of aromatic nitrogens is 3. The third-order valence-electron chi connectivity index (χ3n) is 5.56. The Kier molecular flexibility index (Phi) is 4.13. The van der Waals surface area contributed by atoms with Crippen molar-refractivity contribution in [3.8, 4) is 6.07 Å². The Labute approximate surface area is 158 Å². The van der Waals surface area contributed by atoms with E-state index < -0.39 is 0 Å². The van der Waals surface area contributed by atoms with E-state index in [1.807, 2.05) is 6.07 Å².